The number of nitrogens with zero attached hydrogens (tertiary/aromatic N) is 2. The van der Waals surface area contributed by atoms with Crippen LogP contribution < -0.4 is 5.32 Å². The van der Waals surface area contributed by atoms with Gasteiger partial charge in [0, 0.05) is 12.7 Å². The molecule has 9 heteroatoms. The average Bonchev–Trinajstić information content (AvgIpc) is 2.47. The maximum Gasteiger partial charge on any atom is 0.410 e. The average molecular weight is 374 g/mol. The van der Waals surface area contributed by atoms with Crippen molar-refractivity contribution < 1.29 is 23.8 Å². The molecular formula is C16H21ClFN3O4. The Kier molecular flexibility index (Phi) is 5.72. The largest absolute Gasteiger partial charge is 0.478 e. The van der Waals surface area contributed by atoms with Crippen LogP contribution >= 0.6 is 11.6 Å². The van der Waals surface area contributed by atoms with E-state index in [1.165, 1.54) is 11.0 Å². The number of carboxylic acids is 1. The van der Waals surface area contributed by atoms with Crippen LogP contribution in [0.25, 0.3) is 0 Å². The van der Waals surface area contributed by atoms with Crippen LogP contribution in [0.2, 0.25) is 5.15 Å². The summed E-state index contributed by atoms with van der Waals surface area (Å²) in [7, 11) is 0. The Labute approximate surface area is 150 Å². The van der Waals surface area contributed by atoms with E-state index in [4.69, 9.17) is 16.3 Å². The van der Waals surface area contributed by atoms with E-state index < -0.39 is 29.9 Å². The third-order valence-corrected chi connectivity index (χ3v) is 3.84. The van der Waals surface area contributed by atoms with Crippen LogP contribution in [0.4, 0.5) is 14.9 Å². The van der Waals surface area contributed by atoms with Gasteiger partial charge >= 0.3 is 12.1 Å². The first-order valence-corrected chi connectivity index (χ1v) is 8.22. The molecule has 2 N–H and O–H groups in total. The van der Waals surface area contributed by atoms with Gasteiger partial charge in [0.1, 0.15) is 22.5 Å². The van der Waals surface area contributed by atoms with Crippen molar-refractivity contribution in [2.24, 2.45) is 0 Å². The summed E-state index contributed by atoms with van der Waals surface area (Å²) in [5.41, 5.74) is -0.542. The first-order chi connectivity index (χ1) is 11.6. The number of pyridine rings is 1. The van der Waals surface area contributed by atoms with Gasteiger partial charge < -0.3 is 20.1 Å². The molecule has 0 bridgehead atoms. The Morgan fingerprint density at radius 3 is 2.72 bits per heavy atom. The van der Waals surface area contributed by atoms with Gasteiger partial charge in [-0.2, -0.15) is 0 Å². The molecule has 1 aromatic heterocycles. The number of ether oxygens (including phenoxy) is 1. The van der Waals surface area contributed by atoms with E-state index in [0.29, 0.717) is 13.0 Å². The highest BCUT2D eigenvalue weighted by Gasteiger charge is 2.34. The van der Waals surface area contributed by atoms with Crippen LogP contribution in [-0.4, -0.2) is 58.0 Å². The molecule has 0 aromatic carbocycles. The van der Waals surface area contributed by atoms with Crippen LogP contribution in [0, 0.1) is 0 Å². The van der Waals surface area contributed by atoms with E-state index >= 15 is 0 Å². The highest BCUT2D eigenvalue weighted by atomic mass is 35.5. The zero-order valence-corrected chi connectivity index (χ0v) is 15.0. The monoisotopic (exact) mass is 373 g/mol. The van der Waals surface area contributed by atoms with E-state index in [1.807, 2.05) is 0 Å². The first kappa shape index (κ1) is 19.2. The Balaban J connectivity index is 2.04. The number of amides is 1. The highest BCUT2D eigenvalue weighted by molar-refractivity contribution is 6.29. The molecular weight excluding hydrogens is 353 g/mol. The third-order valence-electron chi connectivity index (χ3n) is 3.64. The van der Waals surface area contributed by atoms with Crippen molar-refractivity contribution >= 4 is 29.4 Å². The van der Waals surface area contributed by atoms with Gasteiger partial charge in [0.05, 0.1) is 18.3 Å². The van der Waals surface area contributed by atoms with Gasteiger partial charge in [-0.15, -0.1) is 0 Å². The summed E-state index contributed by atoms with van der Waals surface area (Å²) in [5, 5.41) is 12.2. The lowest BCUT2D eigenvalue weighted by Gasteiger charge is -2.36. The minimum atomic E-state index is -1.38. The lowest BCUT2D eigenvalue weighted by molar-refractivity contribution is 0.0125. The van der Waals surface area contributed by atoms with Crippen LogP contribution in [0.1, 0.15) is 37.6 Å². The molecule has 0 radical (unpaired) electrons. The van der Waals surface area contributed by atoms with Crippen LogP contribution in [0.3, 0.4) is 0 Å². The zero-order valence-electron chi connectivity index (χ0n) is 14.3. The molecule has 2 rings (SSSR count). The molecule has 138 valence electrons. The van der Waals surface area contributed by atoms with Gasteiger partial charge in [-0.1, -0.05) is 11.6 Å². The van der Waals surface area contributed by atoms with Crippen molar-refractivity contribution in [3.63, 3.8) is 0 Å². The number of likely N-dealkylation sites (tertiary alicyclic amines) is 1. The SMILES string of the molecule is CC(C)(C)OC(=O)N1CC[C@H](Nc2cc(Cl)ncc2C(=O)O)[C@H](F)C1. The summed E-state index contributed by atoms with van der Waals surface area (Å²) in [6, 6.07) is 0.702. The number of alkyl halides is 1. The van der Waals surface area contributed by atoms with Crippen molar-refractivity contribution in [3.8, 4) is 0 Å². The number of rotatable bonds is 3. The maximum absolute atomic E-state index is 14.5. The molecule has 0 aliphatic carbocycles. The van der Waals surface area contributed by atoms with E-state index in [2.05, 4.69) is 10.3 Å². The molecule has 0 saturated carbocycles. The Morgan fingerprint density at radius 1 is 1.48 bits per heavy atom. The molecule has 1 saturated heterocycles. The standard InChI is InChI=1S/C16H21ClFN3O4/c1-16(2,3)25-15(24)21-5-4-11(10(18)8-21)20-12-6-13(17)19-7-9(12)14(22)23/h6-7,10-11H,4-5,8H2,1-3H3,(H,19,20)(H,22,23)/t10-,11+/m1/s1. The molecule has 1 aliphatic heterocycles. The molecule has 0 spiro atoms. The summed E-state index contributed by atoms with van der Waals surface area (Å²) < 4.78 is 19.7. The van der Waals surface area contributed by atoms with Gasteiger partial charge in [0.15, 0.2) is 0 Å². The van der Waals surface area contributed by atoms with Gasteiger partial charge in [-0.05, 0) is 33.3 Å². The lowest BCUT2D eigenvalue weighted by atomic mass is 10.0. The quantitative estimate of drug-likeness (QED) is 0.790. The summed E-state index contributed by atoms with van der Waals surface area (Å²) in [4.78, 5) is 28.3. The second-order valence-corrected chi connectivity index (χ2v) is 7.23. The third kappa shape index (κ3) is 5.19. The zero-order chi connectivity index (χ0) is 18.8. The number of halogens is 2. The second-order valence-electron chi connectivity index (χ2n) is 6.84. The van der Waals surface area contributed by atoms with E-state index in [0.717, 1.165) is 6.20 Å². The summed E-state index contributed by atoms with van der Waals surface area (Å²) in [5.74, 6) is -1.19. The second kappa shape index (κ2) is 7.43. The lowest BCUT2D eigenvalue weighted by Crippen LogP contribution is -2.51. The number of nitrogens with one attached hydrogen (secondary N) is 1. The minimum Gasteiger partial charge on any atom is -0.478 e. The number of piperidine rings is 1. The summed E-state index contributed by atoms with van der Waals surface area (Å²) in [6.07, 6.45) is -0.517. The molecule has 2 heterocycles. The fourth-order valence-corrected chi connectivity index (χ4v) is 2.64. The number of carbonyl (C=O) groups excluding carboxylic acids is 1. The Hall–Kier alpha value is -2.09. The normalized spacial score (nSPS) is 20.9. The van der Waals surface area contributed by atoms with E-state index in [9.17, 15) is 19.1 Å². The van der Waals surface area contributed by atoms with Crippen LogP contribution in [0.5, 0.6) is 0 Å². The van der Waals surface area contributed by atoms with Crippen molar-refractivity contribution in [3.05, 3.63) is 23.0 Å². The van der Waals surface area contributed by atoms with Crippen molar-refractivity contribution in [1.29, 1.82) is 0 Å². The van der Waals surface area contributed by atoms with Crippen molar-refractivity contribution in [2.75, 3.05) is 18.4 Å². The number of aromatic carboxylic acids is 1. The summed E-state index contributed by atoms with van der Waals surface area (Å²) in [6.45, 7) is 5.40. The number of anilines is 1. The van der Waals surface area contributed by atoms with Crippen LogP contribution in [0.15, 0.2) is 12.3 Å². The highest BCUT2D eigenvalue weighted by Crippen LogP contribution is 2.25. The number of hydrogen-bond donors (Lipinski definition) is 2. The number of carbonyl (C=O) groups is 2. The minimum absolute atomic E-state index is 0.0915. The molecule has 1 amide bonds. The Morgan fingerprint density at radius 2 is 2.16 bits per heavy atom. The first-order valence-electron chi connectivity index (χ1n) is 7.84. The van der Waals surface area contributed by atoms with E-state index in [1.54, 1.807) is 20.8 Å². The summed E-state index contributed by atoms with van der Waals surface area (Å²) >= 11 is 5.79. The fraction of sp³-hybridized carbons (Fsp3) is 0.562. The fourth-order valence-electron chi connectivity index (χ4n) is 2.48. The van der Waals surface area contributed by atoms with Gasteiger partial charge in [-0.3, -0.25) is 0 Å². The van der Waals surface area contributed by atoms with E-state index in [-0.39, 0.29) is 22.9 Å². The molecule has 2 atom stereocenters. The van der Waals surface area contributed by atoms with Crippen LogP contribution in [-0.2, 0) is 4.74 Å². The molecule has 1 aliphatic rings. The maximum atomic E-state index is 14.5. The molecule has 7 nitrogen and oxygen atoms in total. The Bertz CT molecular complexity index is 665. The molecule has 1 fully saturated rings. The molecule has 25 heavy (non-hydrogen) atoms. The molecule has 1 aromatic rings. The predicted molar refractivity (Wildman–Crippen MR) is 90.9 cm³/mol. The number of hydrogen-bond acceptors (Lipinski definition) is 5. The van der Waals surface area contributed by atoms with Crippen molar-refractivity contribution in [1.82, 2.24) is 9.88 Å². The number of carboxylic acid groups (broad SMARTS) is 1. The van der Waals surface area contributed by atoms with Crippen molar-refractivity contribution in [2.45, 2.75) is 45.0 Å². The van der Waals surface area contributed by atoms with Gasteiger partial charge in [0.25, 0.3) is 0 Å². The predicted octanol–water partition coefficient (Wildman–Crippen LogP) is 3.19. The molecule has 0 unspecified atom stereocenters. The topological polar surface area (TPSA) is 91.8 Å². The smallest absolute Gasteiger partial charge is 0.410 e. The van der Waals surface area contributed by atoms with Gasteiger partial charge in [-0.25, -0.2) is 19.0 Å². The number of aromatic nitrogens is 1. The van der Waals surface area contributed by atoms with Gasteiger partial charge in [0.2, 0.25) is 0 Å².